The summed E-state index contributed by atoms with van der Waals surface area (Å²) in [4.78, 5) is 4.74. The van der Waals surface area contributed by atoms with Crippen LogP contribution in [0.15, 0.2) is 186 Å². The summed E-state index contributed by atoms with van der Waals surface area (Å²) in [5, 5.41) is 7.00. The highest BCUT2D eigenvalue weighted by atomic mass is 16.3. The van der Waals surface area contributed by atoms with E-state index in [4.69, 9.17) is 4.42 Å². The largest absolute Gasteiger partial charge is 0.456 e. The van der Waals surface area contributed by atoms with E-state index in [-0.39, 0.29) is 0 Å². The van der Waals surface area contributed by atoms with Gasteiger partial charge in [-0.3, -0.25) is 0 Å². The average Bonchev–Trinajstić information content (AvgIpc) is 3.51. The topological polar surface area (TPSA) is 19.6 Å². The van der Waals surface area contributed by atoms with Gasteiger partial charge in [-0.1, -0.05) is 115 Å². The van der Waals surface area contributed by atoms with E-state index in [2.05, 4.69) is 180 Å². The first kappa shape index (κ1) is 27.0. The van der Waals surface area contributed by atoms with Gasteiger partial charge in [0.15, 0.2) is 0 Å². The summed E-state index contributed by atoms with van der Waals surface area (Å²) in [5.41, 5.74) is 8.33. The van der Waals surface area contributed by atoms with Crippen LogP contribution in [-0.2, 0) is 0 Å². The van der Waals surface area contributed by atoms with Crippen LogP contribution in [0.1, 0.15) is 0 Å². The first-order chi connectivity index (χ1) is 23.3. The Balaban J connectivity index is 1.28. The molecule has 0 aliphatic carbocycles. The Morgan fingerprint density at radius 1 is 0.298 bits per heavy atom. The molecule has 3 nitrogen and oxygen atoms in total. The molecule has 1 heterocycles. The molecule has 0 fully saturated rings. The van der Waals surface area contributed by atoms with Gasteiger partial charge in [0, 0.05) is 44.3 Å². The van der Waals surface area contributed by atoms with Crippen molar-refractivity contribution in [3.05, 3.63) is 182 Å². The van der Waals surface area contributed by atoms with Gasteiger partial charge in [-0.05, 0) is 77.5 Å². The maximum Gasteiger partial charge on any atom is 0.135 e. The second kappa shape index (κ2) is 11.2. The third-order valence-corrected chi connectivity index (χ3v) is 8.99. The van der Waals surface area contributed by atoms with Crippen molar-refractivity contribution in [2.45, 2.75) is 0 Å². The van der Waals surface area contributed by atoms with Crippen molar-refractivity contribution in [1.82, 2.24) is 0 Å². The molecule has 9 aromatic rings. The third kappa shape index (κ3) is 4.68. The molecule has 222 valence electrons. The lowest BCUT2D eigenvalue weighted by atomic mass is 10.0. The van der Waals surface area contributed by atoms with Gasteiger partial charge in [-0.2, -0.15) is 0 Å². The van der Waals surface area contributed by atoms with Crippen LogP contribution in [0.4, 0.5) is 34.1 Å². The molecule has 3 heteroatoms. The highest BCUT2D eigenvalue weighted by molar-refractivity contribution is 6.08. The Labute approximate surface area is 273 Å². The van der Waals surface area contributed by atoms with Crippen LogP contribution in [0.25, 0.3) is 43.5 Å². The Morgan fingerprint density at radius 2 is 0.766 bits per heavy atom. The molecule has 0 amide bonds. The summed E-state index contributed by atoms with van der Waals surface area (Å²) in [6.45, 7) is 0. The van der Waals surface area contributed by atoms with Crippen molar-refractivity contribution in [3.63, 3.8) is 0 Å². The molecule has 0 saturated carbocycles. The standard InChI is InChI=1S/C44H30N2O/c1-2-17-33(18-3-1)45(41-24-10-15-31-13-4-6-21-37(31)41)34-19-12-20-35(29-34)46(42-25-11-16-32-14-5-7-22-38(32)42)36-27-28-44-40(30-36)39-23-8-9-26-43(39)47-44/h1-30H. The van der Waals surface area contributed by atoms with Crippen LogP contribution >= 0.6 is 0 Å². The van der Waals surface area contributed by atoms with Crippen molar-refractivity contribution in [2.24, 2.45) is 0 Å². The van der Waals surface area contributed by atoms with E-state index in [1.54, 1.807) is 0 Å². The lowest BCUT2D eigenvalue weighted by Crippen LogP contribution is -2.13. The first-order valence-electron chi connectivity index (χ1n) is 15.9. The number of nitrogens with zero attached hydrogens (tertiary/aromatic N) is 2. The molecule has 0 N–H and O–H groups in total. The third-order valence-electron chi connectivity index (χ3n) is 8.99. The smallest absolute Gasteiger partial charge is 0.135 e. The van der Waals surface area contributed by atoms with Crippen LogP contribution in [0, 0.1) is 0 Å². The summed E-state index contributed by atoms with van der Waals surface area (Å²) < 4.78 is 6.23. The summed E-state index contributed by atoms with van der Waals surface area (Å²) in [7, 11) is 0. The number of benzene rings is 8. The number of anilines is 6. The SMILES string of the molecule is c1ccc(N(c2cccc(N(c3ccc4oc5ccccc5c4c3)c3cccc4ccccc34)c2)c2cccc3ccccc23)cc1. The van der Waals surface area contributed by atoms with Crippen LogP contribution in [0.5, 0.6) is 0 Å². The summed E-state index contributed by atoms with van der Waals surface area (Å²) in [6, 6.07) is 64.5. The van der Waals surface area contributed by atoms with Crippen LogP contribution in [-0.4, -0.2) is 0 Å². The lowest BCUT2D eigenvalue weighted by molar-refractivity contribution is 0.669. The van der Waals surface area contributed by atoms with Gasteiger partial charge in [0.25, 0.3) is 0 Å². The number of furan rings is 1. The van der Waals surface area contributed by atoms with Crippen molar-refractivity contribution in [1.29, 1.82) is 0 Å². The minimum Gasteiger partial charge on any atom is -0.456 e. The summed E-state index contributed by atoms with van der Waals surface area (Å²) >= 11 is 0. The average molecular weight is 603 g/mol. The van der Waals surface area contributed by atoms with Gasteiger partial charge in [0.05, 0.1) is 11.4 Å². The van der Waals surface area contributed by atoms with Crippen molar-refractivity contribution in [3.8, 4) is 0 Å². The molecule has 9 rings (SSSR count). The molecule has 0 aliphatic rings. The zero-order valence-electron chi connectivity index (χ0n) is 25.6. The molecule has 8 aromatic carbocycles. The summed E-state index contributed by atoms with van der Waals surface area (Å²) in [6.07, 6.45) is 0. The fraction of sp³-hybridized carbons (Fsp3) is 0. The number of para-hydroxylation sites is 2. The van der Waals surface area contributed by atoms with E-state index in [9.17, 15) is 0 Å². The van der Waals surface area contributed by atoms with Gasteiger partial charge < -0.3 is 14.2 Å². The van der Waals surface area contributed by atoms with Crippen LogP contribution in [0.3, 0.4) is 0 Å². The highest BCUT2D eigenvalue weighted by Gasteiger charge is 2.20. The second-order valence-electron chi connectivity index (χ2n) is 11.8. The number of hydrogen-bond donors (Lipinski definition) is 0. The van der Waals surface area contributed by atoms with E-state index in [1.807, 2.05) is 12.1 Å². The molecule has 0 aliphatic heterocycles. The van der Waals surface area contributed by atoms with E-state index in [1.165, 1.54) is 21.5 Å². The van der Waals surface area contributed by atoms with Gasteiger partial charge in [0.2, 0.25) is 0 Å². The summed E-state index contributed by atoms with van der Waals surface area (Å²) in [5.74, 6) is 0. The Bertz CT molecular complexity index is 2540. The minimum atomic E-state index is 0.882. The molecule has 0 bridgehead atoms. The quantitative estimate of drug-likeness (QED) is 0.189. The van der Waals surface area contributed by atoms with Crippen LogP contribution < -0.4 is 9.80 Å². The normalized spacial score (nSPS) is 11.4. The van der Waals surface area contributed by atoms with E-state index >= 15 is 0 Å². The predicted octanol–water partition coefficient (Wildman–Crippen LogP) is 12.8. The monoisotopic (exact) mass is 602 g/mol. The zero-order chi connectivity index (χ0) is 31.2. The van der Waals surface area contributed by atoms with E-state index in [0.717, 1.165) is 56.1 Å². The van der Waals surface area contributed by atoms with E-state index < -0.39 is 0 Å². The van der Waals surface area contributed by atoms with Crippen molar-refractivity contribution < 1.29 is 4.42 Å². The minimum absolute atomic E-state index is 0.882. The molecule has 0 atom stereocenters. The molecule has 0 saturated heterocycles. The molecule has 0 unspecified atom stereocenters. The number of rotatable bonds is 6. The molecule has 0 spiro atoms. The Hall–Kier alpha value is -6.32. The van der Waals surface area contributed by atoms with E-state index in [0.29, 0.717) is 0 Å². The molecule has 0 radical (unpaired) electrons. The molecular formula is C44H30N2O. The predicted molar refractivity (Wildman–Crippen MR) is 198 cm³/mol. The van der Waals surface area contributed by atoms with Gasteiger partial charge in [-0.25, -0.2) is 0 Å². The lowest BCUT2D eigenvalue weighted by Gasteiger charge is -2.30. The Kier molecular flexibility index (Phi) is 6.46. The maximum absolute atomic E-state index is 6.23. The number of hydrogen-bond acceptors (Lipinski definition) is 3. The number of fused-ring (bicyclic) bond motifs is 5. The Morgan fingerprint density at radius 3 is 1.45 bits per heavy atom. The molecular weight excluding hydrogens is 572 g/mol. The van der Waals surface area contributed by atoms with Gasteiger partial charge in [-0.15, -0.1) is 0 Å². The maximum atomic E-state index is 6.23. The first-order valence-corrected chi connectivity index (χ1v) is 15.9. The van der Waals surface area contributed by atoms with Crippen molar-refractivity contribution in [2.75, 3.05) is 9.80 Å². The van der Waals surface area contributed by atoms with Gasteiger partial charge >= 0.3 is 0 Å². The highest BCUT2D eigenvalue weighted by Crippen LogP contribution is 2.44. The van der Waals surface area contributed by atoms with Crippen molar-refractivity contribution >= 4 is 77.6 Å². The fourth-order valence-electron chi connectivity index (χ4n) is 6.86. The molecule has 1 aromatic heterocycles. The zero-order valence-corrected chi connectivity index (χ0v) is 25.6. The second-order valence-corrected chi connectivity index (χ2v) is 11.8. The van der Waals surface area contributed by atoms with Crippen LogP contribution in [0.2, 0.25) is 0 Å². The fourth-order valence-corrected chi connectivity index (χ4v) is 6.86. The molecule has 47 heavy (non-hydrogen) atoms. The van der Waals surface area contributed by atoms with Gasteiger partial charge in [0.1, 0.15) is 11.2 Å².